The molecule has 0 aromatic carbocycles. The minimum Gasteiger partial charge on any atom is -0.305 e. The van der Waals surface area contributed by atoms with Crippen molar-refractivity contribution in [3.05, 3.63) is 0 Å². The van der Waals surface area contributed by atoms with Crippen molar-refractivity contribution in [1.29, 1.82) is 5.26 Å². The normalized spacial score (nSPS) is 36.6. The molecular weight excluding hydrogens is 212 g/mol. The van der Waals surface area contributed by atoms with E-state index in [4.69, 9.17) is 0 Å². The van der Waals surface area contributed by atoms with Gasteiger partial charge < -0.3 is 10.2 Å². The zero-order chi connectivity index (χ0) is 12.3. The lowest BCUT2D eigenvalue weighted by molar-refractivity contribution is 0.199. The first kappa shape index (κ1) is 12.8. The first-order valence-corrected chi connectivity index (χ1v) is 6.72. The molecule has 4 nitrogen and oxygen atoms in total. The van der Waals surface area contributed by atoms with Crippen LogP contribution >= 0.6 is 0 Å². The van der Waals surface area contributed by atoms with Crippen LogP contribution in [0.25, 0.3) is 0 Å². The van der Waals surface area contributed by atoms with Crippen LogP contribution in [0.15, 0.2) is 0 Å². The Bertz CT molecular complexity index is 298. The number of nitriles is 1. The van der Waals surface area contributed by atoms with Gasteiger partial charge in [-0.2, -0.15) is 5.26 Å². The maximum absolute atomic E-state index is 9.29. The Morgan fingerprint density at radius 3 is 2.76 bits per heavy atom. The third-order valence-corrected chi connectivity index (χ3v) is 4.45. The van der Waals surface area contributed by atoms with Crippen LogP contribution in [0.3, 0.4) is 0 Å². The van der Waals surface area contributed by atoms with E-state index < -0.39 is 0 Å². The Morgan fingerprint density at radius 1 is 1.29 bits per heavy atom. The summed E-state index contributed by atoms with van der Waals surface area (Å²) in [5, 5.41) is 12.5. The van der Waals surface area contributed by atoms with Crippen LogP contribution in [0.5, 0.6) is 0 Å². The predicted molar refractivity (Wildman–Crippen MR) is 68.7 cm³/mol. The summed E-state index contributed by atoms with van der Waals surface area (Å²) in [5.41, 5.74) is -0.261. The number of likely N-dealkylation sites (N-methyl/N-ethyl adjacent to an activating group) is 1. The predicted octanol–water partition coefficient (Wildman–Crippen LogP) is 0.658. The van der Waals surface area contributed by atoms with Crippen LogP contribution in [-0.2, 0) is 0 Å². The molecule has 17 heavy (non-hydrogen) atoms. The molecule has 1 heterocycles. The molecule has 0 spiro atoms. The van der Waals surface area contributed by atoms with Gasteiger partial charge in [0.25, 0.3) is 0 Å². The molecule has 0 aromatic rings. The lowest BCUT2D eigenvalue weighted by atomic mass is 10.00. The van der Waals surface area contributed by atoms with E-state index in [9.17, 15) is 5.26 Å². The van der Waals surface area contributed by atoms with Crippen molar-refractivity contribution in [1.82, 2.24) is 15.1 Å². The SMILES string of the molecule is CNC1(C#N)CCC(N2CCCN(C)CC2)C1. The second-order valence-corrected chi connectivity index (χ2v) is 5.53. The number of nitrogens with one attached hydrogen (secondary N) is 1. The van der Waals surface area contributed by atoms with Gasteiger partial charge in [0, 0.05) is 19.1 Å². The molecule has 4 heteroatoms. The number of hydrogen-bond donors (Lipinski definition) is 1. The van der Waals surface area contributed by atoms with Crippen molar-refractivity contribution < 1.29 is 0 Å². The Balaban J connectivity index is 1.94. The van der Waals surface area contributed by atoms with Crippen molar-refractivity contribution in [2.24, 2.45) is 0 Å². The molecule has 0 aromatic heterocycles. The van der Waals surface area contributed by atoms with E-state index in [1.165, 1.54) is 19.5 Å². The van der Waals surface area contributed by atoms with Crippen molar-refractivity contribution in [2.45, 2.75) is 37.3 Å². The first-order valence-electron chi connectivity index (χ1n) is 6.72. The van der Waals surface area contributed by atoms with Crippen LogP contribution in [0.2, 0.25) is 0 Å². The smallest absolute Gasteiger partial charge is 0.108 e. The fraction of sp³-hybridized carbons (Fsp3) is 0.923. The lowest BCUT2D eigenvalue weighted by Gasteiger charge is -2.28. The highest BCUT2D eigenvalue weighted by molar-refractivity contribution is 5.12. The molecule has 0 bridgehead atoms. The molecule has 2 aliphatic rings. The van der Waals surface area contributed by atoms with E-state index >= 15 is 0 Å². The molecule has 2 fully saturated rings. The fourth-order valence-electron chi connectivity index (χ4n) is 3.15. The van der Waals surface area contributed by atoms with Gasteiger partial charge in [0.15, 0.2) is 0 Å². The molecule has 0 radical (unpaired) electrons. The van der Waals surface area contributed by atoms with E-state index in [0.717, 1.165) is 32.4 Å². The van der Waals surface area contributed by atoms with Gasteiger partial charge in [-0.25, -0.2) is 0 Å². The van der Waals surface area contributed by atoms with Gasteiger partial charge in [0.05, 0.1) is 6.07 Å². The van der Waals surface area contributed by atoms with Gasteiger partial charge in [-0.15, -0.1) is 0 Å². The van der Waals surface area contributed by atoms with Gasteiger partial charge in [0.2, 0.25) is 0 Å². The van der Waals surface area contributed by atoms with Crippen molar-refractivity contribution in [3.63, 3.8) is 0 Å². The second-order valence-electron chi connectivity index (χ2n) is 5.53. The van der Waals surface area contributed by atoms with Gasteiger partial charge in [-0.05, 0) is 52.9 Å². The summed E-state index contributed by atoms with van der Waals surface area (Å²) in [5.74, 6) is 0. The molecule has 0 amide bonds. The Hall–Kier alpha value is -0.630. The average Bonchev–Trinajstić information content (AvgIpc) is 2.67. The van der Waals surface area contributed by atoms with E-state index in [0.29, 0.717) is 6.04 Å². The molecule has 2 atom stereocenters. The lowest BCUT2D eigenvalue weighted by Crippen LogP contribution is -2.42. The van der Waals surface area contributed by atoms with E-state index in [1.807, 2.05) is 7.05 Å². The molecule has 1 saturated heterocycles. The monoisotopic (exact) mass is 236 g/mol. The summed E-state index contributed by atoms with van der Waals surface area (Å²) in [6.45, 7) is 4.72. The summed E-state index contributed by atoms with van der Waals surface area (Å²) in [6, 6.07) is 3.08. The molecule has 2 unspecified atom stereocenters. The largest absolute Gasteiger partial charge is 0.305 e. The number of nitrogens with zero attached hydrogens (tertiary/aromatic N) is 3. The molecule has 96 valence electrons. The van der Waals surface area contributed by atoms with Gasteiger partial charge in [-0.3, -0.25) is 4.90 Å². The summed E-state index contributed by atoms with van der Waals surface area (Å²) in [7, 11) is 4.12. The van der Waals surface area contributed by atoms with Crippen molar-refractivity contribution in [2.75, 3.05) is 40.3 Å². The maximum atomic E-state index is 9.29. The number of rotatable bonds is 2. The van der Waals surface area contributed by atoms with Crippen molar-refractivity contribution >= 4 is 0 Å². The molecule has 1 aliphatic carbocycles. The topological polar surface area (TPSA) is 42.3 Å². The van der Waals surface area contributed by atoms with Crippen LogP contribution < -0.4 is 5.32 Å². The van der Waals surface area contributed by atoms with E-state index in [-0.39, 0.29) is 5.54 Å². The first-order chi connectivity index (χ1) is 8.19. The third kappa shape index (κ3) is 2.79. The second kappa shape index (κ2) is 5.34. The molecule has 2 rings (SSSR count). The van der Waals surface area contributed by atoms with E-state index in [1.54, 1.807) is 0 Å². The zero-order valence-corrected chi connectivity index (χ0v) is 11.1. The minimum atomic E-state index is -0.261. The third-order valence-electron chi connectivity index (χ3n) is 4.45. The summed E-state index contributed by atoms with van der Waals surface area (Å²) < 4.78 is 0. The summed E-state index contributed by atoms with van der Waals surface area (Å²) >= 11 is 0. The quantitative estimate of drug-likeness (QED) is 0.765. The van der Waals surface area contributed by atoms with Crippen LogP contribution in [0.4, 0.5) is 0 Å². The zero-order valence-electron chi connectivity index (χ0n) is 11.1. The Morgan fingerprint density at radius 2 is 2.12 bits per heavy atom. The highest BCUT2D eigenvalue weighted by atomic mass is 15.2. The number of hydrogen-bond acceptors (Lipinski definition) is 4. The maximum Gasteiger partial charge on any atom is 0.108 e. The van der Waals surface area contributed by atoms with Crippen molar-refractivity contribution in [3.8, 4) is 6.07 Å². The molecule has 1 saturated carbocycles. The van der Waals surface area contributed by atoms with E-state index in [2.05, 4.69) is 28.2 Å². The van der Waals surface area contributed by atoms with Crippen LogP contribution in [0, 0.1) is 11.3 Å². The fourth-order valence-corrected chi connectivity index (χ4v) is 3.15. The Labute approximate surface area is 105 Å². The highest BCUT2D eigenvalue weighted by Crippen LogP contribution is 2.32. The summed E-state index contributed by atoms with van der Waals surface area (Å²) in [4.78, 5) is 5.00. The Kier molecular flexibility index (Phi) is 4.03. The van der Waals surface area contributed by atoms with Gasteiger partial charge in [0.1, 0.15) is 5.54 Å². The molecule has 1 aliphatic heterocycles. The highest BCUT2D eigenvalue weighted by Gasteiger charge is 2.40. The average molecular weight is 236 g/mol. The summed E-state index contributed by atoms with van der Waals surface area (Å²) in [6.07, 6.45) is 4.41. The molecule has 1 N–H and O–H groups in total. The minimum absolute atomic E-state index is 0.261. The van der Waals surface area contributed by atoms with Gasteiger partial charge in [-0.1, -0.05) is 0 Å². The van der Waals surface area contributed by atoms with Gasteiger partial charge >= 0.3 is 0 Å². The van der Waals surface area contributed by atoms with Crippen LogP contribution in [-0.4, -0.2) is 61.7 Å². The standard InChI is InChI=1S/C13H24N4/c1-15-13(11-14)5-4-12(10-13)17-7-3-6-16(2)8-9-17/h12,15H,3-10H2,1-2H3. The van der Waals surface area contributed by atoms with Crippen LogP contribution in [0.1, 0.15) is 25.7 Å². The molecular formula is C13H24N4.